The first kappa shape index (κ1) is 21.4. The quantitative estimate of drug-likeness (QED) is 0.546. The number of carbonyl (C=O) groups excluding carboxylic acids is 1. The second kappa shape index (κ2) is 9.43. The van der Waals surface area contributed by atoms with E-state index < -0.39 is 0 Å². The number of benzene rings is 2. The molecule has 7 heteroatoms. The summed E-state index contributed by atoms with van der Waals surface area (Å²) in [5.41, 5.74) is 2.27. The predicted octanol–water partition coefficient (Wildman–Crippen LogP) is 4.53. The molecule has 0 atom stereocenters. The molecule has 0 saturated heterocycles. The number of carbonyl (C=O) groups is 1. The number of nitrogens with zero attached hydrogens (tertiary/aromatic N) is 3. The maximum absolute atomic E-state index is 13.4. The van der Waals surface area contributed by atoms with Gasteiger partial charge in [-0.15, -0.1) is 0 Å². The van der Waals surface area contributed by atoms with Gasteiger partial charge in [-0.2, -0.15) is 5.10 Å². The van der Waals surface area contributed by atoms with Crippen LogP contribution in [0.15, 0.2) is 48.5 Å². The SMILES string of the molecule is CCN(C)C(=O)CCc1c(C)nn(-c2ccc(F)cc2)c1Oc1ccc(OC)cc1. The molecule has 0 unspecified atom stereocenters. The Bertz CT molecular complexity index is 998. The van der Waals surface area contributed by atoms with E-state index in [4.69, 9.17) is 9.47 Å². The molecule has 3 aromatic rings. The van der Waals surface area contributed by atoms with E-state index >= 15 is 0 Å². The van der Waals surface area contributed by atoms with Gasteiger partial charge in [0.25, 0.3) is 0 Å². The zero-order valence-electron chi connectivity index (χ0n) is 17.7. The van der Waals surface area contributed by atoms with Crippen molar-refractivity contribution < 1.29 is 18.7 Å². The first-order valence-corrected chi connectivity index (χ1v) is 9.83. The molecule has 0 aliphatic heterocycles. The van der Waals surface area contributed by atoms with Crippen LogP contribution in [-0.2, 0) is 11.2 Å². The fraction of sp³-hybridized carbons (Fsp3) is 0.304. The molecule has 0 radical (unpaired) electrons. The molecule has 1 aromatic heterocycles. The van der Waals surface area contributed by atoms with Gasteiger partial charge in [0.05, 0.1) is 18.5 Å². The summed E-state index contributed by atoms with van der Waals surface area (Å²) in [4.78, 5) is 14.0. The van der Waals surface area contributed by atoms with Gasteiger partial charge in [-0.1, -0.05) is 0 Å². The van der Waals surface area contributed by atoms with Crippen molar-refractivity contribution in [2.24, 2.45) is 0 Å². The van der Waals surface area contributed by atoms with Crippen LogP contribution in [0.5, 0.6) is 17.4 Å². The monoisotopic (exact) mass is 411 g/mol. The lowest BCUT2D eigenvalue weighted by Gasteiger charge is -2.15. The molecular formula is C23H26FN3O3. The van der Waals surface area contributed by atoms with Gasteiger partial charge < -0.3 is 14.4 Å². The molecule has 0 fully saturated rings. The number of rotatable bonds is 8. The van der Waals surface area contributed by atoms with E-state index in [0.29, 0.717) is 36.7 Å². The number of hydrogen-bond donors (Lipinski definition) is 0. The summed E-state index contributed by atoms with van der Waals surface area (Å²) in [6.45, 7) is 4.47. The third-order valence-electron chi connectivity index (χ3n) is 4.97. The molecule has 30 heavy (non-hydrogen) atoms. The number of halogens is 1. The number of amides is 1. The van der Waals surface area contributed by atoms with Crippen molar-refractivity contribution in [3.8, 4) is 23.1 Å². The molecule has 158 valence electrons. The number of aromatic nitrogens is 2. The highest BCUT2D eigenvalue weighted by molar-refractivity contribution is 5.76. The van der Waals surface area contributed by atoms with Crippen molar-refractivity contribution in [1.82, 2.24) is 14.7 Å². The highest BCUT2D eigenvalue weighted by Crippen LogP contribution is 2.32. The van der Waals surface area contributed by atoms with Gasteiger partial charge in [0, 0.05) is 25.6 Å². The number of ether oxygens (including phenoxy) is 2. The van der Waals surface area contributed by atoms with E-state index in [9.17, 15) is 9.18 Å². The van der Waals surface area contributed by atoms with Crippen LogP contribution in [0.25, 0.3) is 5.69 Å². The Labute approximate surface area is 175 Å². The summed E-state index contributed by atoms with van der Waals surface area (Å²) in [6, 6.07) is 13.3. The fourth-order valence-corrected chi connectivity index (χ4v) is 3.04. The van der Waals surface area contributed by atoms with Gasteiger partial charge in [0.2, 0.25) is 11.8 Å². The zero-order chi connectivity index (χ0) is 21.7. The Balaban J connectivity index is 1.97. The molecule has 1 heterocycles. The average molecular weight is 411 g/mol. The first-order chi connectivity index (χ1) is 14.4. The van der Waals surface area contributed by atoms with Crippen molar-refractivity contribution in [1.29, 1.82) is 0 Å². The van der Waals surface area contributed by atoms with Crippen LogP contribution < -0.4 is 9.47 Å². The van der Waals surface area contributed by atoms with Gasteiger partial charge in [-0.25, -0.2) is 9.07 Å². The van der Waals surface area contributed by atoms with Crippen LogP contribution >= 0.6 is 0 Å². The summed E-state index contributed by atoms with van der Waals surface area (Å²) in [5.74, 6) is 1.57. The molecule has 0 N–H and O–H groups in total. The highest BCUT2D eigenvalue weighted by Gasteiger charge is 2.20. The van der Waals surface area contributed by atoms with Crippen LogP contribution in [0.3, 0.4) is 0 Å². The van der Waals surface area contributed by atoms with E-state index in [1.54, 1.807) is 60.1 Å². The Morgan fingerprint density at radius 2 is 1.73 bits per heavy atom. The Morgan fingerprint density at radius 3 is 2.33 bits per heavy atom. The van der Waals surface area contributed by atoms with E-state index in [0.717, 1.165) is 17.0 Å². The molecule has 0 saturated carbocycles. The molecule has 0 aliphatic rings. The van der Waals surface area contributed by atoms with Gasteiger partial charge >= 0.3 is 0 Å². The smallest absolute Gasteiger partial charge is 0.226 e. The number of hydrogen-bond acceptors (Lipinski definition) is 4. The Morgan fingerprint density at radius 1 is 1.10 bits per heavy atom. The van der Waals surface area contributed by atoms with E-state index in [1.165, 1.54) is 12.1 Å². The van der Waals surface area contributed by atoms with E-state index in [-0.39, 0.29) is 11.7 Å². The van der Waals surface area contributed by atoms with Crippen LogP contribution in [-0.4, -0.2) is 41.3 Å². The topological polar surface area (TPSA) is 56.6 Å². The lowest BCUT2D eigenvalue weighted by atomic mass is 10.1. The average Bonchev–Trinajstić information content (AvgIpc) is 3.07. The van der Waals surface area contributed by atoms with Crippen molar-refractivity contribution in [2.75, 3.05) is 20.7 Å². The second-order valence-electron chi connectivity index (χ2n) is 6.94. The fourth-order valence-electron chi connectivity index (χ4n) is 3.04. The predicted molar refractivity (Wildman–Crippen MR) is 113 cm³/mol. The zero-order valence-corrected chi connectivity index (χ0v) is 17.7. The molecule has 0 bridgehead atoms. The second-order valence-corrected chi connectivity index (χ2v) is 6.94. The van der Waals surface area contributed by atoms with Gasteiger partial charge in [-0.3, -0.25) is 4.79 Å². The van der Waals surface area contributed by atoms with Crippen LogP contribution in [0, 0.1) is 12.7 Å². The van der Waals surface area contributed by atoms with Gasteiger partial charge in [-0.05, 0) is 68.8 Å². The molecule has 0 spiro atoms. The standard InChI is InChI=1S/C23H26FN3O3/c1-5-26(3)22(28)15-14-21-16(2)25-27(18-8-6-17(24)7-9-18)23(21)30-20-12-10-19(29-4)11-13-20/h6-13H,5,14-15H2,1-4H3. The third kappa shape index (κ3) is 4.79. The molecule has 1 amide bonds. The minimum Gasteiger partial charge on any atom is -0.497 e. The Hall–Kier alpha value is -3.35. The summed E-state index contributed by atoms with van der Waals surface area (Å²) >= 11 is 0. The van der Waals surface area contributed by atoms with Crippen LogP contribution in [0.1, 0.15) is 24.6 Å². The number of aryl methyl sites for hydroxylation is 1. The van der Waals surface area contributed by atoms with Crippen LogP contribution in [0.2, 0.25) is 0 Å². The molecule has 3 rings (SSSR count). The van der Waals surface area contributed by atoms with E-state index in [1.807, 2.05) is 13.8 Å². The molecule has 2 aromatic carbocycles. The maximum atomic E-state index is 13.4. The molecule has 6 nitrogen and oxygen atoms in total. The minimum atomic E-state index is -0.325. The first-order valence-electron chi connectivity index (χ1n) is 9.83. The third-order valence-corrected chi connectivity index (χ3v) is 4.97. The minimum absolute atomic E-state index is 0.0572. The van der Waals surface area contributed by atoms with Crippen LogP contribution in [0.4, 0.5) is 4.39 Å². The summed E-state index contributed by atoms with van der Waals surface area (Å²) in [6.07, 6.45) is 0.834. The number of methoxy groups -OCH3 is 1. The van der Waals surface area contributed by atoms with Crippen molar-refractivity contribution >= 4 is 5.91 Å². The lowest BCUT2D eigenvalue weighted by molar-refractivity contribution is -0.129. The maximum Gasteiger partial charge on any atom is 0.226 e. The molecule has 0 aliphatic carbocycles. The van der Waals surface area contributed by atoms with Gasteiger partial charge in [0.15, 0.2) is 0 Å². The van der Waals surface area contributed by atoms with Crippen molar-refractivity contribution in [3.05, 3.63) is 65.6 Å². The lowest BCUT2D eigenvalue weighted by Crippen LogP contribution is -2.26. The molecular weight excluding hydrogens is 385 g/mol. The summed E-state index contributed by atoms with van der Waals surface area (Å²) in [7, 11) is 3.39. The summed E-state index contributed by atoms with van der Waals surface area (Å²) < 4.78 is 26.4. The summed E-state index contributed by atoms with van der Waals surface area (Å²) in [5, 5.41) is 4.60. The Kier molecular flexibility index (Phi) is 6.72. The van der Waals surface area contributed by atoms with E-state index in [2.05, 4.69) is 5.10 Å². The normalized spacial score (nSPS) is 10.7. The van der Waals surface area contributed by atoms with Crippen molar-refractivity contribution in [3.63, 3.8) is 0 Å². The van der Waals surface area contributed by atoms with Crippen molar-refractivity contribution in [2.45, 2.75) is 26.7 Å². The largest absolute Gasteiger partial charge is 0.497 e. The highest BCUT2D eigenvalue weighted by atomic mass is 19.1. The van der Waals surface area contributed by atoms with Gasteiger partial charge in [0.1, 0.15) is 17.3 Å².